The maximum absolute atomic E-state index is 5.34. The van der Waals surface area contributed by atoms with E-state index >= 15 is 0 Å². The predicted molar refractivity (Wildman–Crippen MR) is 62.9 cm³/mol. The molecule has 0 aliphatic rings. The summed E-state index contributed by atoms with van der Waals surface area (Å²) < 4.78 is 7.59. The Balaban J connectivity index is 2.38. The SMILES string of the molecule is CCn1cccc1CNCC(C)(C)OC. The van der Waals surface area contributed by atoms with Crippen LogP contribution in [0.1, 0.15) is 26.5 Å². The molecule has 0 aliphatic carbocycles. The molecular weight excluding hydrogens is 188 g/mol. The predicted octanol–water partition coefficient (Wildman–Crippen LogP) is 2.02. The smallest absolute Gasteiger partial charge is 0.0746 e. The molecule has 3 heteroatoms. The molecule has 1 heterocycles. The van der Waals surface area contributed by atoms with Crippen molar-refractivity contribution in [2.24, 2.45) is 0 Å². The van der Waals surface area contributed by atoms with E-state index in [4.69, 9.17) is 4.74 Å². The largest absolute Gasteiger partial charge is 0.377 e. The van der Waals surface area contributed by atoms with Gasteiger partial charge >= 0.3 is 0 Å². The van der Waals surface area contributed by atoms with Gasteiger partial charge in [0.15, 0.2) is 0 Å². The van der Waals surface area contributed by atoms with Gasteiger partial charge in [0.1, 0.15) is 0 Å². The number of aromatic nitrogens is 1. The van der Waals surface area contributed by atoms with Gasteiger partial charge in [-0.2, -0.15) is 0 Å². The van der Waals surface area contributed by atoms with Crippen LogP contribution >= 0.6 is 0 Å². The fraction of sp³-hybridized carbons (Fsp3) is 0.667. The summed E-state index contributed by atoms with van der Waals surface area (Å²) in [5.74, 6) is 0. The number of nitrogens with zero attached hydrogens (tertiary/aromatic N) is 1. The number of nitrogens with one attached hydrogen (secondary N) is 1. The van der Waals surface area contributed by atoms with Crippen molar-refractivity contribution in [2.45, 2.75) is 39.5 Å². The summed E-state index contributed by atoms with van der Waals surface area (Å²) in [6, 6.07) is 4.23. The van der Waals surface area contributed by atoms with Crippen LogP contribution in [-0.4, -0.2) is 23.8 Å². The van der Waals surface area contributed by atoms with Crippen molar-refractivity contribution >= 4 is 0 Å². The van der Waals surface area contributed by atoms with Crippen molar-refractivity contribution in [1.29, 1.82) is 0 Å². The van der Waals surface area contributed by atoms with E-state index in [1.54, 1.807) is 7.11 Å². The number of aryl methyl sites for hydroxylation is 1. The first kappa shape index (κ1) is 12.3. The first-order valence-corrected chi connectivity index (χ1v) is 5.49. The Hall–Kier alpha value is -0.800. The molecule has 1 N–H and O–H groups in total. The standard InChI is InChI=1S/C12H22N2O/c1-5-14-8-6-7-11(14)9-13-10-12(2,3)15-4/h6-8,13H,5,9-10H2,1-4H3. The van der Waals surface area contributed by atoms with Gasteiger partial charge in [-0.05, 0) is 32.9 Å². The van der Waals surface area contributed by atoms with Crippen LogP contribution in [0.2, 0.25) is 0 Å². The topological polar surface area (TPSA) is 26.2 Å². The average molecular weight is 210 g/mol. The number of methoxy groups -OCH3 is 1. The minimum absolute atomic E-state index is 0.0936. The molecule has 1 rings (SSSR count). The molecule has 0 aromatic carbocycles. The fourth-order valence-electron chi connectivity index (χ4n) is 1.48. The first-order valence-electron chi connectivity index (χ1n) is 5.49. The minimum Gasteiger partial charge on any atom is -0.377 e. The highest BCUT2D eigenvalue weighted by molar-refractivity contribution is 5.06. The molecule has 0 atom stereocenters. The minimum atomic E-state index is -0.0936. The Kier molecular flexibility index (Phi) is 4.36. The van der Waals surface area contributed by atoms with Gasteiger partial charge in [0.05, 0.1) is 5.60 Å². The van der Waals surface area contributed by atoms with Gasteiger partial charge < -0.3 is 14.6 Å². The van der Waals surface area contributed by atoms with E-state index in [1.165, 1.54) is 5.69 Å². The summed E-state index contributed by atoms with van der Waals surface area (Å²) in [5, 5.41) is 3.41. The molecular formula is C12H22N2O. The highest BCUT2D eigenvalue weighted by Gasteiger charge is 2.15. The molecule has 86 valence electrons. The number of rotatable bonds is 6. The van der Waals surface area contributed by atoms with Crippen LogP contribution in [-0.2, 0) is 17.8 Å². The highest BCUT2D eigenvalue weighted by Crippen LogP contribution is 2.06. The lowest BCUT2D eigenvalue weighted by atomic mass is 10.1. The van der Waals surface area contributed by atoms with E-state index in [2.05, 4.69) is 49.0 Å². The van der Waals surface area contributed by atoms with Gasteiger partial charge in [0.2, 0.25) is 0 Å². The van der Waals surface area contributed by atoms with Crippen molar-refractivity contribution in [2.75, 3.05) is 13.7 Å². The Morgan fingerprint density at radius 2 is 2.20 bits per heavy atom. The van der Waals surface area contributed by atoms with Crippen molar-refractivity contribution in [3.8, 4) is 0 Å². The fourth-order valence-corrected chi connectivity index (χ4v) is 1.48. The van der Waals surface area contributed by atoms with Gasteiger partial charge in [-0.25, -0.2) is 0 Å². The van der Waals surface area contributed by atoms with Gasteiger partial charge in [-0.3, -0.25) is 0 Å². The summed E-state index contributed by atoms with van der Waals surface area (Å²) in [5.41, 5.74) is 1.23. The molecule has 0 saturated carbocycles. The normalized spacial score (nSPS) is 12.0. The third-order valence-electron chi connectivity index (χ3n) is 2.67. The van der Waals surface area contributed by atoms with E-state index in [9.17, 15) is 0 Å². The molecule has 3 nitrogen and oxygen atoms in total. The molecule has 0 amide bonds. The summed E-state index contributed by atoms with van der Waals surface area (Å²) in [7, 11) is 1.75. The van der Waals surface area contributed by atoms with Gasteiger partial charge in [-0.15, -0.1) is 0 Å². The average Bonchev–Trinajstić information content (AvgIpc) is 2.65. The molecule has 0 unspecified atom stereocenters. The second-order valence-electron chi connectivity index (χ2n) is 4.35. The van der Waals surface area contributed by atoms with Gasteiger partial charge in [0, 0.05) is 38.6 Å². The monoisotopic (exact) mass is 210 g/mol. The summed E-state index contributed by atoms with van der Waals surface area (Å²) >= 11 is 0. The van der Waals surface area contributed by atoms with E-state index in [0.717, 1.165) is 19.6 Å². The van der Waals surface area contributed by atoms with Crippen molar-refractivity contribution < 1.29 is 4.74 Å². The zero-order chi connectivity index (χ0) is 11.3. The van der Waals surface area contributed by atoms with E-state index in [-0.39, 0.29) is 5.60 Å². The summed E-state index contributed by atoms with van der Waals surface area (Å²) in [6.07, 6.45) is 2.11. The van der Waals surface area contributed by atoms with Crippen LogP contribution in [0.5, 0.6) is 0 Å². The van der Waals surface area contributed by atoms with E-state index in [0.29, 0.717) is 0 Å². The van der Waals surface area contributed by atoms with Crippen molar-refractivity contribution in [3.05, 3.63) is 24.0 Å². The molecule has 0 saturated heterocycles. The summed E-state index contributed by atoms with van der Waals surface area (Å²) in [4.78, 5) is 0. The number of hydrogen-bond donors (Lipinski definition) is 1. The highest BCUT2D eigenvalue weighted by atomic mass is 16.5. The first-order chi connectivity index (χ1) is 7.09. The second kappa shape index (κ2) is 5.33. The molecule has 0 aliphatic heterocycles. The molecule has 0 spiro atoms. The van der Waals surface area contributed by atoms with Gasteiger partial charge in [0.25, 0.3) is 0 Å². The van der Waals surface area contributed by atoms with Crippen LogP contribution in [0.4, 0.5) is 0 Å². The van der Waals surface area contributed by atoms with E-state index < -0.39 is 0 Å². The molecule has 1 aromatic heterocycles. The summed E-state index contributed by atoms with van der Waals surface area (Å²) in [6.45, 7) is 9.10. The molecule has 15 heavy (non-hydrogen) atoms. The van der Waals surface area contributed by atoms with Crippen LogP contribution in [0.25, 0.3) is 0 Å². The zero-order valence-corrected chi connectivity index (χ0v) is 10.2. The Bertz CT molecular complexity index is 292. The Morgan fingerprint density at radius 1 is 1.47 bits per heavy atom. The molecule has 0 bridgehead atoms. The van der Waals surface area contributed by atoms with E-state index in [1.807, 2.05) is 0 Å². The quantitative estimate of drug-likeness (QED) is 0.777. The second-order valence-corrected chi connectivity index (χ2v) is 4.35. The van der Waals surface area contributed by atoms with Crippen LogP contribution in [0.15, 0.2) is 18.3 Å². The number of hydrogen-bond acceptors (Lipinski definition) is 2. The maximum Gasteiger partial charge on any atom is 0.0746 e. The maximum atomic E-state index is 5.34. The molecule has 0 radical (unpaired) electrons. The lowest BCUT2D eigenvalue weighted by Crippen LogP contribution is -2.36. The lowest BCUT2D eigenvalue weighted by Gasteiger charge is -2.23. The Labute approximate surface area is 92.4 Å². The van der Waals surface area contributed by atoms with Crippen LogP contribution in [0, 0.1) is 0 Å². The van der Waals surface area contributed by atoms with Gasteiger partial charge in [-0.1, -0.05) is 0 Å². The third-order valence-corrected chi connectivity index (χ3v) is 2.67. The molecule has 0 fully saturated rings. The van der Waals surface area contributed by atoms with Crippen LogP contribution in [0.3, 0.4) is 0 Å². The third kappa shape index (κ3) is 3.68. The number of ether oxygens (including phenoxy) is 1. The lowest BCUT2D eigenvalue weighted by molar-refractivity contribution is 0.0229. The molecule has 1 aromatic rings. The Morgan fingerprint density at radius 3 is 2.80 bits per heavy atom. The van der Waals surface area contributed by atoms with Crippen molar-refractivity contribution in [1.82, 2.24) is 9.88 Å². The zero-order valence-electron chi connectivity index (χ0n) is 10.2. The van der Waals surface area contributed by atoms with Crippen LogP contribution < -0.4 is 5.32 Å². The van der Waals surface area contributed by atoms with Crippen molar-refractivity contribution in [3.63, 3.8) is 0 Å².